The van der Waals surface area contributed by atoms with Gasteiger partial charge in [0.05, 0.1) is 6.10 Å². The Labute approximate surface area is 112 Å². The fraction of sp³-hybridized carbons (Fsp3) is 1.00. The molecule has 2 heterocycles. The lowest BCUT2D eigenvalue weighted by atomic mass is 9.95. The van der Waals surface area contributed by atoms with Crippen molar-refractivity contribution in [2.45, 2.75) is 52.2 Å². The molecule has 1 N–H and O–H groups in total. The maximum absolute atomic E-state index is 5.71. The molecule has 3 nitrogen and oxygen atoms in total. The van der Waals surface area contributed by atoms with E-state index in [2.05, 4.69) is 31.0 Å². The molecule has 0 bridgehead atoms. The van der Waals surface area contributed by atoms with Gasteiger partial charge in [-0.2, -0.15) is 0 Å². The van der Waals surface area contributed by atoms with Crippen LogP contribution in [-0.4, -0.2) is 49.8 Å². The first kappa shape index (κ1) is 14.3. The molecule has 0 aromatic heterocycles. The van der Waals surface area contributed by atoms with Gasteiger partial charge in [-0.15, -0.1) is 0 Å². The first-order chi connectivity index (χ1) is 8.66. The van der Waals surface area contributed by atoms with Gasteiger partial charge in [-0.1, -0.05) is 13.8 Å². The van der Waals surface area contributed by atoms with Gasteiger partial charge in [-0.25, -0.2) is 0 Å². The molecule has 3 unspecified atom stereocenters. The van der Waals surface area contributed by atoms with Crippen molar-refractivity contribution < 1.29 is 4.74 Å². The third-order valence-corrected chi connectivity index (χ3v) is 4.67. The van der Waals surface area contributed by atoms with Crippen LogP contribution in [0.25, 0.3) is 0 Å². The van der Waals surface area contributed by atoms with E-state index in [4.69, 9.17) is 4.74 Å². The van der Waals surface area contributed by atoms with Crippen molar-refractivity contribution in [2.24, 2.45) is 11.8 Å². The van der Waals surface area contributed by atoms with E-state index < -0.39 is 0 Å². The third kappa shape index (κ3) is 3.94. The minimum atomic E-state index is 0.451. The van der Waals surface area contributed by atoms with Crippen LogP contribution in [0.15, 0.2) is 0 Å². The second-order valence-electron chi connectivity index (χ2n) is 6.39. The van der Waals surface area contributed by atoms with Crippen LogP contribution >= 0.6 is 0 Å². The van der Waals surface area contributed by atoms with E-state index in [0.717, 1.165) is 25.0 Å². The van der Waals surface area contributed by atoms with Crippen LogP contribution in [0.5, 0.6) is 0 Å². The van der Waals surface area contributed by atoms with Crippen LogP contribution in [0.4, 0.5) is 0 Å². The predicted octanol–water partition coefficient (Wildman–Crippen LogP) is 2.12. The van der Waals surface area contributed by atoms with E-state index in [1.165, 1.54) is 38.9 Å². The van der Waals surface area contributed by atoms with Gasteiger partial charge in [-0.05, 0) is 44.6 Å². The van der Waals surface area contributed by atoms with Crippen LogP contribution in [-0.2, 0) is 4.74 Å². The second-order valence-corrected chi connectivity index (χ2v) is 6.39. The maximum atomic E-state index is 5.71. The molecule has 0 aromatic carbocycles. The molecule has 0 radical (unpaired) electrons. The number of nitrogens with zero attached hydrogens (tertiary/aromatic N) is 1. The summed E-state index contributed by atoms with van der Waals surface area (Å²) in [4.78, 5) is 2.61. The van der Waals surface area contributed by atoms with Crippen molar-refractivity contribution in [3.05, 3.63) is 0 Å². The average Bonchev–Trinajstić information content (AvgIpc) is 3.00. The standard InChI is InChI=1S/C15H30N2O/c1-12(2)14-6-8-17(11-14)9-7-16-13(3)15-5-4-10-18-15/h12-16H,4-11H2,1-3H3. The fourth-order valence-corrected chi connectivity index (χ4v) is 3.19. The third-order valence-electron chi connectivity index (χ3n) is 4.67. The first-order valence-corrected chi connectivity index (χ1v) is 7.74. The zero-order chi connectivity index (χ0) is 13.0. The Morgan fingerprint density at radius 3 is 2.72 bits per heavy atom. The highest BCUT2D eigenvalue weighted by molar-refractivity contribution is 4.80. The second kappa shape index (κ2) is 6.88. The van der Waals surface area contributed by atoms with Gasteiger partial charge < -0.3 is 15.0 Å². The Hall–Kier alpha value is -0.120. The van der Waals surface area contributed by atoms with Crippen LogP contribution < -0.4 is 5.32 Å². The lowest BCUT2D eigenvalue weighted by molar-refractivity contribution is 0.0829. The number of likely N-dealkylation sites (tertiary alicyclic amines) is 1. The van der Waals surface area contributed by atoms with Crippen molar-refractivity contribution in [1.29, 1.82) is 0 Å². The number of nitrogens with one attached hydrogen (secondary N) is 1. The van der Waals surface area contributed by atoms with Crippen molar-refractivity contribution in [3.8, 4) is 0 Å². The molecule has 2 fully saturated rings. The first-order valence-electron chi connectivity index (χ1n) is 7.74. The largest absolute Gasteiger partial charge is 0.377 e. The Kier molecular flexibility index (Phi) is 5.46. The number of ether oxygens (including phenoxy) is 1. The SMILES string of the molecule is CC(C)C1CCN(CCNC(C)C2CCCO2)C1. The molecule has 2 aliphatic rings. The summed E-state index contributed by atoms with van der Waals surface area (Å²) < 4.78 is 5.71. The number of rotatable bonds is 6. The molecule has 0 aromatic rings. The monoisotopic (exact) mass is 254 g/mol. The van der Waals surface area contributed by atoms with Crippen LogP contribution in [0, 0.1) is 11.8 Å². The van der Waals surface area contributed by atoms with E-state index in [9.17, 15) is 0 Å². The molecule has 0 saturated carbocycles. The predicted molar refractivity (Wildman–Crippen MR) is 75.8 cm³/mol. The summed E-state index contributed by atoms with van der Waals surface area (Å²) in [5.41, 5.74) is 0. The van der Waals surface area contributed by atoms with E-state index in [1.54, 1.807) is 0 Å². The summed E-state index contributed by atoms with van der Waals surface area (Å²) in [5, 5.41) is 3.63. The van der Waals surface area contributed by atoms with Crippen molar-refractivity contribution in [3.63, 3.8) is 0 Å². The van der Waals surface area contributed by atoms with Gasteiger partial charge >= 0.3 is 0 Å². The summed E-state index contributed by atoms with van der Waals surface area (Å²) in [5.74, 6) is 1.76. The molecule has 106 valence electrons. The minimum Gasteiger partial charge on any atom is -0.377 e. The zero-order valence-corrected chi connectivity index (χ0v) is 12.3. The molecule has 2 aliphatic heterocycles. The Morgan fingerprint density at radius 1 is 1.28 bits per heavy atom. The van der Waals surface area contributed by atoms with E-state index in [-0.39, 0.29) is 0 Å². The average molecular weight is 254 g/mol. The van der Waals surface area contributed by atoms with Crippen LogP contribution in [0.1, 0.15) is 40.0 Å². The summed E-state index contributed by atoms with van der Waals surface area (Å²) >= 11 is 0. The van der Waals surface area contributed by atoms with Crippen molar-refractivity contribution in [1.82, 2.24) is 10.2 Å². The molecular weight excluding hydrogens is 224 g/mol. The molecule has 2 rings (SSSR count). The lowest BCUT2D eigenvalue weighted by Crippen LogP contribution is -2.41. The van der Waals surface area contributed by atoms with Crippen molar-refractivity contribution in [2.75, 3.05) is 32.8 Å². The van der Waals surface area contributed by atoms with E-state index in [1.807, 2.05) is 0 Å². The van der Waals surface area contributed by atoms with Crippen molar-refractivity contribution >= 4 is 0 Å². The van der Waals surface area contributed by atoms with Gasteiger partial charge in [0.2, 0.25) is 0 Å². The molecule has 0 amide bonds. The van der Waals surface area contributed by atoms with Crippen LogP contribution in [0.3, 0.4) is 0 Å². The molecule has 18 heavy (non-hydrogen) atoms. The summed E-state index contributed by atoms with van der Waals surface area (Å²) in [6.45, 7) is 12.8. The summed E-state index contributed by atoms with van der Waals surface area (Å²) in [6, 6.07) is 0.510. The van der Waals surface area contributed by atoms with E-state index in [0.29, 0.717) is 12.1 Å². The van der Waals surface area contributed by atoms with Gasteiger partial charge in [0.25, 0.3) is 0 Å². The highest BCUT2D eigenvalue weighted by Gasteiger charge is 2.25. The molecule has 2 saturated heterocycles. The quantitative estimate of drug-likeness (QED) is 0.786. The molecule has 3 heteroatoms. The van der Waals surface area contributed by atoms with Gasteiger partial charge in [0.1, 0.15) is 0 Å². The van der Waals surface area contributed by atoms with Gasteiger partial charge in [0, 0.05) is 32.3 Å². The fourth-order valence-electron chi connectivity index (χ4n) is 3.19. The van der Waals surface area contributed by atoms with E-state index >= 15 is 0 Å². The summed E-state index contributed by atoms with van der Waals surface area (Å²) in [6.07, 6.45) is 4.30. The Balaban J connectivity index is 1.58. The van der Waals surface area contributed by atoms with Crippen LogP contribution in [0.2, 0.25) is 0 Å². The maximum Gasteiger partial charge on any atom is 0.0726 e. The Morgan fingerprint density at radius 2 is 2.11 bits per heavy atom. The van der Waals surface area contributed by atoms with Gasteiger partial charge in [0.15, 0.2) is 0 Å². The lowest BCUT2D eigenvalue weighted by Gasteiger charge is -2.22. The Bertz CT molecular complexity index is 239. The molecule has 3 atom stereocenters. The number of hydrogen-bond acceptors (Lipinski definition) is 3. The number of hydrogen-bond donors (Lipinski definition) is 1. The molecule has 0 spiro atoms. The highest BCUT2D eigenvalue weighted by Crippen LogP contribution is 2.23. The normalized spacial score (nSPS) is 31.3. The zero-order valence-electron chi connectivity index (χ0n) is 12.3. The summed E-state index contributed by atoms with van der Waals surface area (Å²) in [7, 11) is 0. The van der Waals surface area contributed by atoms with Gasteiger partial charge in [-0.3, -0.25) is 0 Å². The topological polar surface area (TPSA) is 24.5 Å². The smallest absolute Gasteiger partial charge is 0.0726 e. The molecular formula is C15H30N2O. The minimum absolute atomic E-state index is 0.451. The highest BCUT2D eigenvalue weighted by atomic mass is 16.5. The molecule has 0 aliphatic carbocycles.